The van der Waals surface area contributed by atoms with Crippen LogP contribution < -0.4 is 19.7 Å². The van der Waals surface area contributed by atoms with Crippen LogP contribution in [0, 0.1) is 13.8 Å². The molecule has 4 amide bonds. The van der Waals surface area contributed by atoms with Crippen molar-refractivity contribution in [3.63, 3.8) is 0 Å². The molecule has 1 N–H and O–H groups in total. The van der Waals surface area contributed by atoms with Crippen LogP contribution in [0.3, 0.4) is 0 Å². The van der Waals surface area contributed by atoms with Crippen LogP contribution >= 0.6 is 0 Å². The summed E-state index contributed by atoms with van der Waals surface area (Å²) in [5.41, 5.74) is 2.79. The summed E-state index contributed by atoms with van der Waals surface area (Å²) in [4.78, 5) is 38.9. The number of methoxy groups -OCH3 is 2. The second-order valence-corrected chi connectivity index (χ2v) is 6.57. The summed E-state index contributed by atoms with van der Waals surface area (Å²) >= 11 is 0. The summed E-state index contributed by atoms with van der Waals surface area (Å²) in [5.74, 6) is -0.673. The first kappa shape index (κ1) is 20.2. The highest BCUT2D eigenvalue weighted by Gasteiger charge is 2.38. The molecule has 1 aromatic heterocycles. The number of benzene rings is 1. The third kappa shape index (κ3) is 3.49. The Morgan fingerprint density at radius 3 is 2.38 bits per heavy atom. The number of anilines is 1. The van der Waals surface area contributed by atoms with Crippen LogP contribution in [-0.4, -0.2) is 36.6 Å². The Bertz CT molecular complexity index is 1040. The molecule has 0 spiro atoms. The van der Waals surface area contributed by atoms with Crippen molar-refractivity contribution < 1.29 is 23.9 Å². The summed E-state index contributed by atoms with van der Waals surface area (Å²) in [6.07, 6.45) is 1.52. The molecular weight excluding hydrogens is 374 g/mol. The van der Waals surface area contributed by atoms with E-state index in [4.69, 9.17) is 9.47 Å². The van der Waals surface area contributed by atoms with Crippen molar-refractivity contribution in [2.75, 3.05) is 19.1 Å². The highest BCUT2D eigenvalue weighted by Crippen LogP contribution is 2.34. The van der Waals surface area contributed by atoms with Gasteiger partial charge >= 0.3 is 6.03 Å². The fraction of sp³-hybridized carbons (Fsp3) is 0.286. The minimum atomic E-state index is -0.834. The molecule has 1 aliphatic heterocycles. The van der Waals surface area contributed by atoms with Gasteiger partial charge in [-0.25, -0.2) is 9.69 Å². The summed E-state index contributed by atoms with van der Waals surface area (Å²) in [6.45, 7) is 6.67. The molecule has 0 aliphatic carbocycles. The number of amides is 4. The molecule has 3 rings (SSSR count). The van der Waals surface area contributed by atoms with Crippen molar-refractivity contribution in [1.82, 2.24) is 9.88 Å². The lowest BCUT2D eigenvalue weighted by Crippen LogP contribution is -2.54. The average Bonchev–Trinajstić information content (AvgIpc) is 2.97. The molecule has 152 valence electrons. The van der Waals surface area contributed by atoms with Gasteiger partial charge in [0.25, 0.3) is 11.8 Å². The van der Waals surface area contributed by atoms with Crippen molar-refractivity contribution in [3.8, 4) is 11.5 Å². The number of barbiturate groups is 1. The topological polar surface area (TPSA) is 89.9 Å². The van der Waals surface area contributed by atoms with Crippen LogP contribution in [0.25, 0.3) is 6.08 Å². The van der Waals surface area contributed by atoms with Gasteiger partial charge in [0.15, 0.2) is 0 Å². The molecule has 0 radical (unpaired) electrons. The van der Waals surface area contributed by atoms with E-state index in [0.717, 1.165) is 28.4 Å². The van der Waals surface area contributed by atoms with E-state index in [1.54, 1.807) is 12.1 Å². The highest BCUT2D eigenvalue weighted by atomic mass is 16.5. The number of aryl methyl sites for hydroxylation is 1. The number of carbonyl (C=O) groups excluding carboxylic acids is 3. The normalized spacial score (nSPS) is 15.7. The fourth-order valence-corrected chi connectivity index (χ4v) is 3.46. The van der Waals surface area contributed by atoms with Crippen LogP contribution in [-0.2, 0) is 16.1 Å². The van der Waals surface area contributed by atoms with E-state index in [2.05, 4.69) is 9.88 Å². The number of hydrogen-bond donors (Lipinski definition) is 1. The van der Waals surface area contributed by atoms with E-state index in [0.29, 0.717) is 5.75 Å². The maximum atomic E-state index is 13.1. The summed E-state index contributed by atoms with van der Waals surface area (Å²) < 4.78 is 12.5. The number of imide groups is 2. The third-order valence-electron chi connectivity index (χ3n) is 4.96. The maximum absolute atomic E-state index is 13.1. The molecule has 0 unspecified atom stereocenters. The van der Waals surface area contributed by atoms with E-state index in [1.165, 1.54) is 26.4 Å². The summed E-state index contributed by atoms with van der Waals surface area (Å²) in [6, 6.07) is 5.77. The quantitative estimate of drug-likeness (QED) is 0.619. The zero-order chi connectivity index (χ0) is 21.3. The molecule has 1 saturated heterocycles. The van der Waals surface area contributed by atoms with Gasteiger partial charge in [-0.15, -0.1) is 0 Å². The minimum Gasteiger partial charge on any atom is -0.497 e. The Morgan fingerprint density at radius 1 is 1.07 bits per heavy atom. The molecule has 29 heavy (non-hydrogen) atoms. The molecule has 0 atom stereocenters. The van der Waals surface area contributed by atoms with Crippen LogP contribution in [0.4, 0.5) is 10.5 Å². The Labute approximate surface area is 168 Å². The maximum Gasteiger partial charge on any atom is 0.336 e. The largest absolute Gasteiger partial charge is 0.497 e. The molecular formula is C21H23N3O5. The smallest absolute Gasteiger partial charge is 0.336 e. The lowest BCUT2D eigenvalue weighted by atomic mass is 10.1. The second-order valence-electron chi connectivity index (χ2n) is 6.57. The lowest BCUT2D eigenvalue weighted by molar-refractivity contribution is -0.122. The average molecular weight is 397 g/mol. The van der Waals surface area contributed by atoms with E-state index < -0.39 is 17.8 Å². The molecule has 1 aliphatic rings. The lowest BCUT2D eigenvalue weighted by Gasteiger charge is -2.27. The fourth-order valence-electron chi connectivity index (χ4n) is 3.46. The van der Waals surface area contributed by atoms with Gasteiger partial charge in [0, 0.05) is 24.0 Å². The first-order valence-corrected chi connectivity index (χ1v) is 9.12. The van der Waals surface area contributed by atoms with Gasteiger partial charge in [-0.1, -0.05) is 0 Å². The Hall–Kier alpha value is -3.55. The van der Waals surface area contributed by atoms with E-state index in [-0.39, 0.29) is 17.0 Å². The van der Waals surface area contributed by atoms with Crippen molar-refractivity contribution >= 4 is 29.6 Å². The van der Waals surface area contributed by atoms with Crippen LogP contribution in [0.15, 0.2) is 29.8 Å². The van der Waals surface area contributed by atoms with E-state index in [9.17, 15) is 14.4 Å². The number of urea groups is 1. The number of carbonyl (C=O) groups is 3. The molecule has 0 bridgehead atoms. The van der Waals surface area contributed by atoms with E-state index >= 15 is 0 Å². The predicted octanol–water partition coefficient (Wildman–Crippen LogP) is 2.81. The van der Waals surface area contributed by atoms with Crippen LogP contribution in [0.1, 0.15) is 23.9 Å². The van der Waals surface area contributed by atoms with Crippen molar-refractivity contribution in [2.45, 2.75) is 27.3 Å². The molecule has 1 aromatic carbocycles. The molecule has 1 fully saturated rings. The van der Waals surface area contributed by atoms with Gasteiger partial charge in [0.1, 0.15) is 17.1 Å². The number of nitrogens with zero attached hydrogens (tertiary/aromatic N) is 2. The Morgan fingerprint density at radius 2 is 1.79 bits per heavy atom. The first-order valence-electron chi connectivity index (χ1n) is 9.12. The first-order chi connectivity index (χ1) is 13.8. The third-order valence-corrected chi connectivity index (χ3v) is 4.96. The molecule has 0 saturated carbocycles. The van der Waals surface area contributed by atoms with Crippen LogP contribution in [0.2, 0.25) is 0 Å². The number of hydrogen-bond acceptors (Lipinski definition) is 5. The van der Waals surface area contributed by atoms with E-state index in [1.807, 2.05) is 26.8 Å². The van der Waals surface area contributed by atoms with Gasteiger partial charge in [-0.05, 0) is 50.6 Å². The van der Waals surface area contributed by atoms with Crippen molar-refractivity contribution in [1.29, 1.82) is 0 Å². The van der Waals surface area contributed by atoms with Crippen molar-refractivity contribution in [2.24, 2.45) is 0 Å². The SMILES string of the molecule is CCn1c(C)cc(/C=C2\C(=O)NC(=O)N(c3ccc(OC)cc3OC)C2=O)c1C. The molecule has 8 heteroatoms. The monoisotopic (exact) mass is 397 g/mol. The molecule has 2 heterocycles. The predicted molar refractivity (Wildman–Crippen MR) is 108 cm³/mol. The number of nitrogens with one attached hydrogen (secondary N) is 1. The minimum absolute atomic E-state index is 0.126. The van der Waals surface area contributed by atoms with Gasteiger partial charge in [0.2, 0.25) is 0 Å². The van der Waals surface area contributed by atoms with Crippen LogP contribution in [0.5, 0.6) is 11.5 Å². The second kappa shape index (κ2) is 7.83. The van der Waals surface area contributed by atoms with Gasteiger partial charge < -0.3 is 14.0 Å². The summed E-state index contributed by atoms with van der Waals surface area (Å²) in [5, 5.41) is 2.23. The summed E-state index contributed by atoms with van der Waals surface area (Å²) in [7, 11) is 2.92. The molecule has 2 aromatic rings. The number of rotatable bonds is 5. The Kier molecular flexibility index (Phi) is 5.45. The number of ether oxygens (including phenoxy) is 2. The standard InChI is InChI=1S/C21H23N3O5/c1-6-23-12(2)9-14(13(23)3)10-16-19(25)22-21(27)24(20(16)26)17-8-7-15(28-4)11-18(17)29-5/h7-11H,6H2,1-5H3,(H,22,25,27)/b16-10+. The van der Waals surface area contributed by atoms with Gasteiger partial charge in [0.05, 0.1) is 19.9 Å². The molecule has 8 nitrogen and oxygen atoms in total. The zero-order valence-electron chi connectivity index (χ0n) is 17.0. The van der Waals surface area contributed by atoms with Crippen molar-refractivity contribution in [3.05, 3.63) is 46.8 Å². The van der Waals surface area contributed by atoms with Gasteiger partial charge in [-0.3, -0.25) is 14.9 Å². The van der Waals surface area contributed by atoms with Gasteiger partial charge in [-0.2, -0.15) is 0 Å². The Balaban J connectivity index is 2.08. The number of aromatic nitrogens is 1. The zero-order valence-corrected chi connectivity index (χ0v) is 17.0. The highest BCUT2D eigenvalue weighted by molar-refractivity contribution is 6.39.